The molecular weight excluding hydrogens is 403 g/mol. The van der Waals surface area contributed by atoms with Gasteiger partial charge in [-0.3, -0.25) is 4.79 Å². The van der Waals surface area contributed by atoms with Gasteiger partial charge < -0.3 is 16.0 Å². The maximum absolute atomic E-state index is 11.8. The second-order valence-electron chi connectivity index (χ2n) is 6.15. The van der Waals surface area contributed by atoms with E-state index in [1.165, 1.54) is 25.7 Å². The van der Waals surface area contributed by atoms with Gasteiger partial charge in [0.1, 0.15) is 0 Å². The number of carbonyl (C=O) groups is 1. The van der Waals surface area contributed by atoms with E-state index in [0.717, 1.165) is 24.2 Å². The first-order valence-corrected chi connectivity index (χ1v) is 8.18. The second-order valence-corrected chi connectivity index (χ2v) is 6.15. The highest BCUT2D eigenvalue weighted by molar-refractivity contribution is 14.0. The van der Waals surface area contributed by atoms with Crippen LogP contribution in [0.15, 0.2) is 29.3 Å². The second kappa shape index (κ2) is 8.52. The van der Waals surface area contributed by atoms with E-state index in [2.05, 4.69) is 10.3 Å². The summed E-state index contributed by atoms with van der Waals surface area (Å²) in [6.45, 7) is 1.36. The maximum atomic E-state index is 11.8. The van der Waals surface area contributed by atoms with Crippen molar-refractivity contribution in [3.63, 3.8) is 0 Å². The van der Waals surface area contributed by atoms with Crippen LogP contribution in [0, 0.1) is 0 Å². The molecule has 1 aliphatic heterocycles. The lowest BCUT2D eigenvalue weighted by atomic mass is 10.2. The molecule has 1 heterocycles. The van der Waals surface area contributed by atoms with Crippen LogP contribution in [-0.2, 0) is 11.3 Å². The maximum Gasteiger partial charge on any atom is 0.227 e. The number of benzene rings is 1. The van der Waals surface area contributed by atoms with E-state index in [1.807, 2.05) is 29.2 Å². The van der Waals surface area contributed by atoms with Crippen LogP contribution in [0.2, 0.25) is 0 Å². The molecule has 0 aromatic heterocycles. The van der Waals surface area contributed by atoms with E-state index in [-0.39, 0.29) is 29.9 Å². The summed E-state index contributed by atoms with van der Waals surface area (Å²) in [5, 5.41) is 3.29. The average molecular weight is 428 g/mol. The number of aliphatic imine (C=N–C) groups is 1. The molecule has 0 bridgehead atoms. The van der Waals surface area contributed by atoms with Gasteiger partial charge in [-0.25, -0.2) is 4.99 Å². The number of hydrogen-bond donors (Lipinski definition) is 2. The van der Waals surface area contributed by atoms with Gasteiger partial charge in [0.15, 0.2) is 5.96 Å². The summed E-state index contributed by atoms with van der Waals surface area (Å²) < 4.78 is 0. The Kier molecular flexibility index (Phi) is 6.68. The zero-order valence-corrected chi connectivity index (χ0v) is 15.7. The molecule has 1 amide bonds. The largest absolute Gasteiger partial charge is 0.370 e. The van der Waals surface area contributed by atoms with E-state index in [9.17, 15) is 4.79 Å². The molecule has 0 unspecified atom stereocenters. The lowest BCUT2D eigenvalue weighted by Crippen LogP contribution is -2.38. The van der Waals surface area contributed by atoms with Crippen molar-refractivity contribution in [3.8, 4) is 0 Å². The fourth-order valence-corrected chi connectivity index (χ4v) is 3.25. The van der Waals surface area contributed by atoms with E-state index in [1.54, 1.807) is 0 Å². The van der Waals surface area contributed by atoms with Crippen molar-refractivity contribution in [2.75, 3.05) is 11.4 Å². The minimum atomic E-state index is 0. The first kappa shape index (κ1) is 18.0. The summed E-state index contributed by atoms with van der Waals surface area (Å²) in [4.78, 5) is 18.1. The Balaban J connectivity index is 0.00000192. The van der Waals surface area contributed by atoms with Crippen LogP contribution in [0.25, 0.3) is 0 Å². The first-order chi connectivity index (χ1) is 10.7. The molecule has 2 fully saturated rings. The minimum absolute atomic E-state index is 0. The third-order valence-corrected chi connectivity index (χ3v) is 4.43. The normalized spacial score (nSPS) is 19.0. The molecule has 3 rings (SSSR count). The number of halogens is 1. The van der Waals surface area contributed by atoms with Gasteiger partial charge in [-0.1, -0.05) is 25.0 Å². The van der Waals surface area contributed by atoms with Gasteiger partial charge in [0.25, 0.3) is 0 Å². The molecule has 3 N–H and O–H groups in total. The van der Waals surface area contributed by atoms with E-state index < -0.39 is 0 Å². The SMILES string of the molecule is I.NC(=NCc1cccc(N2CCCC2=O)c1)NC1CCCC1. The van der Waals surface area contributed by atoms with Crippen molar-refractivity contribution in [3.05, 3.63) is 29.8 Å². The fourth-order valence-electron chi connectivity index (χ4n) is 3.25. The first-order valence-electron chi connectivity index (χ1n) is 8.18. The Morgan fingerprint density at radius 3 is 2.78 bits per heavy atom. The third-order valence-electron chi connectivity index (χ3n) is 4.43. The molecule has 1 saturated carbocycles. The highest BCUT2D eigenvalue weighted by atomic mass is 127. The minimum Gasteiger partial charge on any atom is -0.370 e. The van der Waals surface area contributed by atoms with E-state index in [0.29, 0.717) is 25.0 Å². The highest BCUT2D eigenvalue weighted by Crippen LogP contribution is 2.22. The van der Waals surface area contributed by atoms with Gasteiger partial charge in [-0.2, -0.15) is 0 Å². The van der Waals surface area contributed by atoms with Crippen molar-refractivity contribution >= 4 is 41.5 Å². The van der Waals surface area contributed by atoms with Crippen molar-refractivity contribution in [1.82, 2.24) is 5.32 Å². The standard InChI is InChI=1S/C17H24N4O.HI/c18-17(20-14-6-1-2-7-14)19-12-13-5-3-8-15(11-13)21-10-4-9-16(21)22;/h3,5,8,11,14H,1-2,4,6-7,9-10,12H2,(H3,18,19,20);1H. The Hall–Kier alpha value is -1.31. The Morgan fingerprint density at radius 2 is 2.09 bits per heavy atom. The summed E-state index contributed by atoms with van der Waals surface area (Å²) in [5.74, 6) is 0.734. The lowest BCUT2D eigenvalue weighted by Gasteiger charge is -2.16. The molecule has 23 heavy (non-hydrogen) atoms. The summed E-state index contributed by atoms with van der Waals surface area (Å²) in [5.41, 5.74) is 8.01. The van der Waals surface area contributed by atoms with Crippen LogP contribution in [-0.4, -0.2) is 24.5 Å². The van der Waals surface area contributed by atoms with Gasteiger partial charge in [-0.15, -0.1) is 24.0 Å². The van der Waals surface area contributed by atoms with Crippen molar-refractivity contribution in [2.45, 2.75) is 51.1 Å². The summed E-state index contributed by atoms with van der Waals surface area (Å²) in [7, 11) is 0. The Labute approximate surface area is 154 Å². The highest BCUT2D eigenvalue weighted by Gasteiger charge is 2.21. The molecule has 1 aliphatic carbocycles. The summed E-state index contributed by atoms with van der Waals surface area (Å²) in [6, 6.07) is 8.51. The van der Waals surface area contributed by atoms with E-state index in [4.69, 9.17) is 5.73 Å². The van der Waals surface area contributed by atoms with Crippen LogP contribution < -0.4 is 16.0 Å². The number of amides is 1. The van der Waals surface area contributed by atoms with Gasteiger partial charge in [0, 0.05) is 24.7 Å². The zero-order valence-electron chi connectivity index (χ0n) is 13.3. The van der Waals surface area contributed by atoms with Crippen molar-refractivity contribution < 1.29 is 4.79 Å². The number of rotatable bonds is 4. The predicted octanol–water partition coefficient (Wildman–Crippen LogP) is 2.78. The molecule has 1 saturated heterocycles. The molecule has 5 nitrogen and oxygen atoms in total. The van der Waals surface area contributed by atoms with Gasteiger partial charge in [-0.05, 0) is 37.0 Å². The number of hydrogen-bond acceptors (Lipinski definition) is 2. The summed E-state index contributed by atoms with van der Waals surface area (Å²) >= 11 is 0. The van der Waals surface area contributed by atoms with Gasteiger partial charge >= 0.3 is 0 Å². The molecule has 2 aliphatic rings. The number of anilines is 1. The predicted molar refractivity (Wildman–Crippen MR) is 104 cm³/mol. The van der Waals surface area contributed by atoms with Crippen LogP contribution in [0.4, 0.5) is 5.69 Å². The Morgan fingerprint density at radius 1 is 1.30 bits per heavy atom. The average Bonchev–Trinajstić information content (AvgIpc) is 3.17. The van der Waals surface area contributed by atoms with Gasteiger partial charge in [0.2, 0.25) is 5.91 Å². The number of guanidine groups is 1. The number of nitrogens with one attached hydrogen (secondary N) is 1. The zero-order chi connectivity index (χ0) is 15.4. The Bertz CT molecular complexity index is 569. The van der Waals surface area contributed by atoms with Gasteiger partial charge in [0.05, 0.1) is 6.54 Å². The molecule has 0 atom stereocenters. The third kappa shape index (κ3) is 4.83. The molecule has 6 heteroatoms. The van der Waals surface area contributed by atoms with Crippen LogP contribution >= 0.6 is 24.0 Å². The van der Waals surface area contributed by atoms with Crippen molar-refractivity contribution in [2.24, 2.45) is 10.7 Å². The quantitative estimate of drug-likeness (QED) is 0.440. The molecule has 0 radical (unpaired) electrons. The lowest BCUT2D eigenvalue weighted by molar-refractivity contribution is -0.117. The number of nitrogens with two attached hydrogens (primary N) is 1. The molecule has 1 aromatic rings. The fraction of sp³-hybridized carbons (Fsp3) is 0.529. The number of nitrogens with zero attached hydrogens (tertiary/aromatic N) is 2. The molecule has 126 valence electrons. The van der Waals surface area contributed by atoms with Crippen molar-refractivity contribution in [1.29, 1.82) is 0 Å². The topological polar surface area (TPSA) is 70.7 Å². The summed E-state index contributed by atoms with van der Waals surface area (Å²) in [6.07, 6.45) is 6.51. The molecule has 1 aromatic carbocycles. The molecule has 0 spiro atoms. The smallest absolute Gasteiger partial charge is 0.227 e. The molecular formula is C17H25IN4O. The monoisotopic (exact) mass is 428 g/mol. The number of carbonyl (C=O) groups excluding carboxylic acids is 1. The van der Waals surface area contributed by atoms with Crippen LogP contribution in [0.3, 0.4) is 0 Å². The van der Waals surface area contributed by atoms with Crippen LogP contribution in [0.1, 0.15) is 44.1 Å². The van der Waals surface area contributed by atoms with E-state index >= 15 is 0 Å². The van der Waals surface area contributed by atoms with Crippen LogP contribution in [0.5, 0.6) is 0 Å².